The molecule has 0 amide bonds. The zero-order chi connectivity index (χ0) is 20.1. The summed E-state index contributed by atoms with van der Waals surface area (Å²) in [5.41, 5.74) is 3.02. The highest BCUT2D eigenvalue weighted by atomic mass is 31.1. The number of nitrogens with zero attached hydrogens (tertiary/aromatic N) is 2. The van der Waals surface area contributed by atoms with Gasteiger partial charge in [0, 0.05) is 5.57 Å². The van der Waals surface area contributed by atoms with E-state index in [0.717, 1.165) is 21.8 Å². The van der Waals surface area contributed by atoms with E-state index < -0.39 is 7.92 Å². The molecule has 1 heterocycles. The van der Waals surface area contributed by atoms with Gasteiger partial charge in [-0.15, -0.1) is 0 Å². The van der Waals surface area contributed by atoms with Gasteiger partial charge in [-0.2, -0.15) is 10.5 Å². The fourth-order valence-corrected chi connectivity index (χ4v) is 6.03. The number of nitriles is 2. The third kappa shape index (κ3) is 3.81. The molecule has 0 saturated heterocycles. The molecule has 0 saturated carbocycles. The highest BCUT2D eigenvalue weighted by Gasteiger charge is 2.27. The van der Waals surface area contributed by atoms with Crippen LogP contribution >= 0.6 is 7.92 Å². The summed E-state index contributed by atoms with van der Waals surface area (Å²) in [6, 6.07) is 35.0. The van der Waals surface area contributed by atoms with E-state index in [1.807, 2.05) is 54.6 Å². The van der Waals surface area contributed by atoms with Crippen molar-refractivity contribution in [2.45, 2.75) is 0 Å². The number of benzene rings is 3. The van der Waals surface area contributed by atoms with E-state index in [-0.39, 0.29) is 5.57 Å². The summed E-state index contributed by atoms with van der Waals surface area (Å²) in [5, 5.41) is 22.5. The third-order valence-electron chi connectivity index (χ3n) is 4.73. The van der Waals surface area contributed by atoms with Gasteiger partial charge in [-0.25, -0.2) is 0 Å². The molecule has 29 heavy (non-hydrogen) atoms. The molecule has 3 aromatic rings. The lowest BCUT2D eigenvalue weighted by Crippen LogP contribution is -2.07. The Hall–Kier alpha value is -3.71. The van der Waals surface area contributed by atoms with E-state index in [0.29, 0.717) is 5.57 Å². The van der Waals surface area contributed by atoms with Crippen LogP contribution < -0.4 is 5.30 Å². The Labute approximate surface area is 172 Å². The minimum atomic E-state index is -0.838. The summed E-state index contributed by atoms with van der Waals surface area (Å²) in [6.07, 6.45) is 4.03. The largest absolute Gasteiger partial charge is 0.192 e. The Bertz CT molecular complexity index is 1120. The van der Waals surface area contributed by atoms with Crippen LogP contribution in [0.4, 0.5) is 0 Å². The third-order valence-corrected chi connectivity index (χ3v) is 7.28. The van der Waals surface area contributed by atoms with Crippen LogP contribution in [0.25, 0.3) is 10.6 Å². The maximum absolute atomic E-state index is 9.49. The minimum Gasteiger partial charge on any atom is -0.192 e. The molecular formula is C26H17N2P. The lowest BCUT2D eigenvalue weighted by atomic mass is 10.0. The lowest BCUT2D eigenvalue weighted by molar-refractivity contribution is 1.44. The van der Waals surface area contributed by atoms with Gasteiger partial charge < -0.3 is 0 Å². The predicted molar refractivity (Wildman–Crippen MR) is 120 cm³/mol. The first-order valence-electron chi connectivity index (χ1n) is 9.25. The molecule has 0 spiro atoms. The summed E-state index contributed by atoms with van der Waals surface area (Å²) >= 11 is 0. The molecule has 0 N–H and O–H groups in total. The molecule has 0 atom stereocenters. The fraction of sp³-hybridized carbons (Fsp3) is 0. The summed E-state index contributed by atoms with van der Waals surface area (Å²) in [4.78, 5) is 0. The molecule has 0 fully saturated rings. The van der Waals surface area contributed by atoms with Crippen molar-refractivity contribution < 1.29 is 0 Å². The molecule has 0 bridgehead atoms. The van der Waals surface area contributed by atoms with Crippen molar-refractivity contribution in [3.05, 3.63) is 125 Å². The number of hydrogen-bond donors (Lipinski definition) is 0. The quantitative estimate of drug-likeness (QED) is 0.394. The number of rotatable bonds is 3. The van der Waals surface area contributed by atoms with Gasteiger partial charge in [-0.05, 0) is 47.1 Å². The van der Waals surface area contributed by atoms with Gasteiger partial charge in [0.1, 0.15) is 17.7 Å². The van der Waals surface area contributed by atoms with Crippen LogP contribution in [-0.4, -0.2) is 0 Å². The Balaban J connectivity index is 2.02. The van der Waals surface area contributed by atoms with Crippen molar-refractivity contribution in [3.63, 3.8) is 0 Å². The van der Waals surface area contributed by atoms with Gasteiger partial charge in [-0.3, -0.25) is 0 Å². The number of hydrogen-bond acceptors (Lipinski definition) is 2. The molecule has 4 rings (SSSR count). The summed E-state index contributed by atoms with van der Waals surface area (Å²) in [5.74, 6) is 0. The van der Waals surface area contributed by atoms with Crippen molar-refractivity contribution in [1.82, 2.24) is 0 Å². The van der Waals surface area contributed by atoms with E-state index in [2.05, 4.69) is 60.7 Å². The van der Waals surface area contributed by atoms with E-state index in [4.69, 9.17) is 0 Å². The van der Waals surface area contributed by atoms with Gasteiger partial charge in [0.15, 0.2) is 0 Å². The van der Waals surface area contributed by atoms with Crippen molar-refractivity contribution >= 4 is 23.9 Å². The molecule has 0 radical (unpaired) electrons. The molecule has 2 nitrogen and oxygen atoms in total. The second-order valence-corrected chi connectivity index (χ2v) is 8.67. The fourth-order valence-electron chi connectivity index (χ4n) is 3.39. The second kappa shape index (κ2) is 8.53. The first kappa shape index (κ1) is 18.6. The van der Waals surface area contributed by atoms with Gasteiger partial charge in [0.2, 0.25) is 0 Å². The van der Waals surface area contributed by atoms with Crippen LogP contribution in [0, 0.1) is 22.7 Å². The van der Waals surface area contributed by atoms with Gasteiger partial charge >= 0.3 is 0 Å². The van der Waals surface area contributed by atoms with E-state index >= 15 is 0 Å². The van der Waals surface area contributed by atoms with Crippen LogP contribution in [0.5, 0.6) is 0 Å². The first-order chi connectivity index (χ1) is 14.3. The average molecular weight is 388 g/mol. The maximum atomic E-state index is 9.49. The summed E-state index contributed by atoms with van der Waals surface area (Å²) < 4.78 is 0. The minimum absolute atomic E-state index is 0.134. The molecule has 3 heteroatoms. The second-order valence-electron chi connectivity index (χ2n) is 6.52. The Morgan fingerprint density at radius 3 is 1.41 bits per heavy atom. The first-order valence-corrected chi connectivity index (χ1v) is 10.6. The Morgan fingerprint density at radius 2 is 1.00 bits per heavy atom. The molecule has 136 valence electrons. The lowest BCUT2D eigenvalue weighted by Gasteiger charge is -2.29. The summed E-state index contributed by atoms with van der Waals surface area (Å²) in [6.45, 7) is 0. The number of allylic oxidation sites excluding steroid dienone is 4. The summed E-state index contributed by atoms with van der Waals surface area (Å²) in [7, 11) is -0.838. The molecule has 1 aliphatic heterocycles. The van der Waals surface area contributed by atoms with Crippen molar-refractivity contribution in [1.29, 1.82) is 10.5 Å². The van der Waals surface area contributed by atoms with Crippen molar-refractivity contribution in [2.24, 2.45) is 0 Å². The molecule has 0 aliphatic carbocycles. The molecule has 3 aromatic carbocycles. The zero-order valence-electron chi connectivity index (χ0n) is 15.7. The van der Waals surface area contributed by atoms with Crippen LogP contribution in [0.15, 0.2) is 114 Å². The monoisotopic (exact) mass is 388 g/mol. The van der Waals surface area contributed by atoms with E-state index in [9.17, 15) is 10.5 Å². The van der Waals surface area contributed by atoms with Crippen LogP contribution in [-0.2, 0) is 0 Å². The van der Waals surface area contributed by atoms with Crippen LogP contribution in [0.2, 0.25) is 0 Å². The average Bonchev–Trinajstić information content (AvgIpc) is 2.81. The Morgan fingerprint density at radius 1 is 0.586 bits per heavy atom. The normalized spacial score (nSPS) is 15.5. The topological polar surface area (TPSA) is 47.6 Å². The standard InChI is InChI=1S/C26H17N2P/c27-18-23(19-28)22-16-25(20-10-4-1-5-11-20)29(24-14-8-3-9-15-24)26(17-22)21-12-6-2-7-13-21/h1-17H. The van der Waals surface area contributed by atoms with Gasteiger partial charge in [0.05, 0.1) is 0 Å². The van der Waals surface area contributed by atoms with Crippen LogP contribution in [0.1, 0.15) is 11.1 Å². The van der Waals surface area contributed by atoms with Crippen molar-refractivity contribution in [3.8, 4) is 12.1 Å². The Kier molecular flexibility index (Phi) is 5.49. The van der Waals surface area contributed by atoms with Crippen molar-refractivity contribution in [2.75, 3.05) is 0 Å². The SMILES string of the molecule is N#CC(C#N)=C1C=C(c2ccccc2)P(c2ccccc2)C(c2ccccc2)=C1. The molecular weight excluding hydrogens is 371 g/mol. The zero-order valence-corrected chi connectivity index (χ0v) is 16.6. The maximum Gasteiger partial charge on any atom is 0.136 e. The molecule has 0 unspecified atom stereocenters. The molecule has 0 aromatic heterocycles. The van der Waals surface area contributed by atoms with Gasteiger partial charge in [0.25, 0.3) is 0 Å². The van der Waals surface area contributed by atoms with E-state index in [1.165, 1.54) is 5.30 Å². The van der Waals surface area contributed by atoms with Gasteiger partial charge in [-0.1, -0.05) is 91.0 Å². The highest BCUT2D eigenvalue weighted by Crippen LogP contribution is 2.62. The predicted octanol–water partition coefficient (Wildman–Crippen LogP) is 6.23. The highest BCUT2D eigenvalue weighted by molar-refractivity contribution is 7.84. The smallest absolute Gasteiger partial charge is 0.136 e. The molecule has 1 aliphatic rings. The van der Waals surface area contributed by atoms with E-state index in [1.54, 1.807) is 0 Å². The van der Waals surface area contributed by atoms with Crippen LogP contribution in [0.3, 0.4) is 0 Å².